The Morgan fingerprint density at radius 1 is 1.13 bits per heavy atom. The predicted octanol–water partition coefficient (Wildman–Crippen LogP) is 3.95. The monoisotopic (exact) mass is 306 g/mol. The van der Waals surface area contributed by atoms with E-state index in [0.717, 1.165) is 28.9 Å². The minimum absolute atomic E-state index is 0.546. The van der Waals surface area contributed by atoms with Gasteiger partial charge in [0.25, 0.3) is 0 Å². The highest BCUT2D eigenvalue weighted by atomic mass is 16.5. The lowest BCUT2D eigenvalue weighted by molar-refractivity contribution is 0.181. The Morgan fingerprint density at radius 3 is 2.91 bits per heavy atom. The second-order valence-electron chi connectivity index (χ2n) is 5.86. The van der Waals surface area contributed by atoms with Crippen LogP contribution in [0.4, 0.5) is 11.6 Å². The van der Waals surface area contributed by atoms with Crippen LogP contribution < -0.4 is 10.1 Å². The van der Waals surface area contributed by atoms with Gasteiger partial charge in [0.2, 0.25) is 5.95 Å². The predicted molar refractivity (Wildman–Crippen MR) is 89.9 cm³/mol. The highest BCUT2D eigenvalue weighted by Gasteiger charge is 2.18. The van der Waals surface area contributed by atoms with E-state index in [1.807, 2.05) is 36.5 Å². The Morgan fingerprint density at radius 2 is 2.04 bits per heavy atom. The van der Waals surface area contributed by atoms with E-state index in [1.54, 1.807) is 12.4 Å². The number of benzene rings is 1. The van der Waals surface area contributed by atoms with Crippen molar-refractivity contribution in [2.24, 2.45) is 5.92 Å². The maximum atomic E-state index is 5.94. The van der Waals surface area contributed by atoms with Gasteiger partial charge in [-0.1, -0.05) is 24.6 Å². The van der Waals surface area contributed by atoms with Crippen LogP contribution in [0.3, 0.4) is 0 Å². The van der Waals surface area contributed by atoms with Crippen molar-refractivity contribution in [3.8, 4) is 5.75 Å². The summed E-state index contributed by atoms with van der Waals surface area (Å²) in [5, 5.41) is 4.23. The number of ether oxygens (including phenoxy) is 1. The van der Waals surface area contributed by atoms with Crippen molar-refractivity contribution in [1.82, 2.24) is 15.0 Å². The van der Waals surface area contributed by atoms with Gasteiger partial charge in [-0.15, -0.1) is 0 Å². The van der Waals surface area contributed by atoms with Crippen LogP contribution in [-0.4, -0.2) is 21.6 Å². The molecule has 0 atom stereocenters. The third-order valence-corrected chi connectivity index (χ3v) is 4.22. The number of para-hydroxylation sites is 1. The Hall–Kier alpha value is -2.69. The average molecular weight is 306 g/mol. The van der Waals surface area contributed by atoms with Crippen LogP contribution in [0.2, 0.25) is 0 Å². The second kappa shape index (κ2) is 6.20. The highest BCUT2D eigenvalue weighted by molar-refractivity contribution is 5.79. The Balaban J connectivity index is 1.54. The van der Waals surface area contributed by atoms with E-state index in [0.29, 0.717) is 11.9 Å². The molecule has 1 aliphatic carbocycles. The van der Waals surface area contributed by atoms with Crippen LogP contribution in [0.25, 0.3) is 10.9 Å². The molecule has 3 aromatic rings. The van der Waals surface area contributed by atoms with E-state index in [1.165, 1.54) is 19.3 Å². The molecule has 2 aromatic heterocycles. The van der Waals surface area contributed by atoms with E-state index in [2.05, 4.69) is 20.3 Å². The molecular weight excluding hydrogens is 288 g/mol. The Bertz CT molecular complexity index is 817. The minimum Gasteiger partial charge on any atom is -0.491 e. The average Bonchev–Trinajstić information content (AvgIpc) is 2.55. The summed E-state index contributed by atoms with van der Waals surface area (Å²) < 4.78 is 5.94. The van der Waals surface area contributed by atoms with Crippen LogP contribution in [0.1, 0.15) is 19.3 Å². The van der Waals surface area contributed by atoms with Crippen molar-refractivity contribution in [3.63, 3.8) is 0 Å². The molecule has 5 nitrogen and oxygen atoms in total. The lowest BCUT2D eigenvalue weighted by Gasteiger charge is -2.25. The number of fused-ring (bicyclic) bond motifs is 1. The van der Waals surface area contributed by atoms with E-state index < -0.39 is 0 Å². The summed E-state index contributed by atoms with van der Waals surface area (Å²) in [4.78, 5) is 13.1. The fourth-order valence-electron chi connectivity index (χ4n) is 2.62. The molecule has 0 bridgehead atoms. The number of hydrogen-bond donors (Lipinski definition) is 1. The smallest absolute Gasteiger partial charge is 0.227 e. The van der Waals surface area contributed by atoms with Gasteiger partial charge in [-0.3, -0.25) is 4.98 Å². The number of pyridine rings is 1. The molecule has 1 fully saturated rings. The summed E-state index contributed by atoms with van der Waals surface area (Å²) in [6.45, 7) is 0.761. The zero-order chi connectivity index (χ0) is 15.5. The normalized spacial score (nSPS) is 14.4. The van der Waals surface area contributed by atoms with Gasteiger partial charge in [0.15, 0.2) is 0 Å². The molecule has 1 aliphatic rings. The molecule has 4 rings (SSSR count). The van der Waals surface area contributed by atoms with Gasteiger partial charge in [0, 0.05) is 23.8 Å². The molecule has 2 heterocycles. The number of nitrogens with zero attached hydrogens (tertiary/aromatic N) is 3. The SMILES string of the molecule is c1ccc2nc(Nc3cnccc3OCC3CCC3)ncc2c1. The second-order valence-corrected chi connectivity index (χ2v) is 5.86. The molecule has 1 aromatic carbocycles. The van der Waals surface area contributed by atoms with Crippen LogP contribution >= 0.6 is 0 Å². The minimum atomic E-state index is 0.546. The molecule has 1 saturated carbocycles. The highest BCUT2D eigenvalue weighted by Crippen LogP contribution is 2.30. The summed E-state index contributed by atoms with van der Waals surface area (Å²) in [7, 11) is 0. The quantitative estimate of drug-likeness (QED) is 0.773. The van der Waals surface area contributed by atoms with Crippen LogP contribution in [0.15, 0.2) is 48.9 Å². The van der Waals surface area contributed by atoms with Crippen molar-refractivity contribution in [3.05, 3.63) is 48.9 Å². The number of nitrogens with one attached hydrogen (secondary N) is 1. The van der Waals surface area contributed by atoms with Gasteiger partial charge in [0.05, 0.1) is 18.3 Å². The van der Waals surface area contributed by atoms with E-state index >= 15 is 0 Å². The number of rotatable bonds is 5. The van der Waals surface area contributed by atoms with Gasteiger partial charge in [0.1, 0.15) is 11.4 Å². The molecule has 116 valence electrons. The molecule has 0 unspecified atom stereocenters. The fraction of sp³-hybridized carbons (Fsp3) is 0.278. The standard InChI is InChI=1S/C18H18N4O/c1-2-7-15-14(6-1)10-20-18(21-15)22-16-11-19-9-8-17(16)23-12-13-4-3-5-13/h1-2,6-11,13H,3-5,12H2,(H,20,21,22). The molecule has 1 N–H and O–H groups in total. The zero-order valence-corrected chi connectivity index (χ0v) is 12.8. The summed E-state index contributed by atoms with van der Waals surface area (Å²) in [5.74, 6) is 2.03. The Labute approximate surface area is 134 Å². The first kappa shape index (κ1) is 13.9. The molecule has 0 amide bonds. The molecule has 0 aliphatic heterocycles. The first-order chi connectivity index (χ1) is 11.4. The molecule has 0 spiro atoms. The van der Waals surface area contributed by atoms with Crippen molar-refractivity contribution < 1.29 is 4.74 Å². The maximum absolute atomic E-state index is 5.94. The summed E-state index contributed by atoms with van der Waals surface area (Å²) in [6, 6.07) is 9.79. The van der Waals surface area contributed by atoms with E-state index in [9.17, 15) is 0 Å². The maximum Gasteiger partial charge on any atom is 0.227 e. The van der Waals surface area contributed by atoms with Gasteiger partial charge in [-0.2, -0.15) is 0 Å². The summed E-state index contributed by atoms with van der Waals surface area (Å²) >= 11 is 0. The van der Waals surface area contributed by atoms with Gasteiger partial charge < -0.3 is 10.1 Å². The molecule has 23 heavy (non-hydrogen) atoms. The first-order valence-electron chi connectivity index (χ1n) is 7.94. The molecular formula is C18H18N4O. The van der Waals surface area contributed by atoms with E-state index in [-0.39, 0.29) is 0 Å². The van der Waals surface area contributed by atoms with Crippen LogP contribution in [0.5, 0.6) is 5.75 Å². The summed E-state index contributed by atoms with van der Waals surface area (Å²) in [6.07, 6.45) is 9.15. The molecule has 0 radical (unpaired) electrons. The Kier molecular flexibility index (Phi) is 3.76. The van der Waals surface area contributed by atoms with Crippen LogP contribution in [-0.2, 0) is 0 Å². The first-order valence-corrected chi connectivity index (χ1v) is 7.94. The van der Waals surface area contributed by atoms with Gasteiger partial charge >= 0.3 is 0 Å². The van der Waals surface area contributed by atoms with Crippen molar-refractivity contribution in [2.45, 2.75) is 19.3 Å². The lowest BCUT2D eigenvalue weighted by atomic mass is 9.86. The number of aromatic nitrogens is 3. The third kappa shape index (κ3) is 3.08. The largest absolute Gasteiger partial charge is 0.491 e. The van der Waals surface area contributed by atoms with Gasteiger partial charge in [-0.25, -0.2) is 9.97 Å². The molecule has 5 heteroatoms. The van der Waals surface area contributed by atoms with Crippen molar-refractivity contribution in [1.29, 1.82) is 0 Å². The third-order valence-electron chi connectivity index (χ3n) is 4.22. The lowest BCUT2D eigenvalue weighted by Crippen LogP contribution is -2.19. The topological polar surface area (TPSA) is 59.9 Å². The summed E-state index contributed by atoms with van der Waals surface area (Å²) in [5.41, 5.74) is 1.70. The zero-order valence-electron chi connectivity index (χ0n) is 12.8. The van der Waals surface area contributed by atoms with Crippen LogP contribution in [0, 0.1) is 5.92 Å². The van der Waals surface area contributed by atoms with Gasteiger partial charge in [-0.05, 0) is 24.8 Å². The number of hydrogen-bond acceptors (Lipinski definition) is 5. The fourth-order valence-corrected chi connectivity index (χ4v) is 2.62. The van der Waals surface area contributed by atoms with E-state index in [4.69, 9.17) is 4.74 Å². The van der Waals surface area contributed by atoms with Crippen molar-refractivity contribution in [2.75, 3.05) is 11.9 Å². The van der Waals surface area contributed by atoms with Crippen molar-refractivity contribution >= 4 is 22.5 Å². The number of anilines is 2. The molecule has 0 saturated heterocycles.